The number of carbonyl (C=O) groups is 2. The van der Waals surface area contributed by atoms with Crippen LogP contribution in [0.3, 0.4) is 0 Å². The van der Waals surface area contributed by atoms with E-state index in [-0.39, 0.29) is 11.9 Å². The van der Waals surface area contributed by atoms with Crippen LogP contribution < -0.4 is 0 Å². The quantitative estimate of drug-likeness (QED) is 0.644. The van der Waals surface area contributed by atoms with Gasteiger partial charge in [-0.25, -0.2) is 4.79 Å². The minimum absolute atomic E-state index is 0.0201. The second-order valence-corrected chi connectivity index (χ2v) is 7.94. The molecule has 3 amide bonds. The molecule has 0 saturated carbocycles. The topological polar surface area (TPSA) is 53.1 Å². The van der Waals surface area contributed by atoms with Crippen molar-refractivity contribution in [2.24, 2.45) is 0 Å². The molecule has 154 valence electrons. The minimum atomic E-state index is -0.698. The summed E-state index contributed by atoms with van der Waals surface area (Å²) in [4.78, 5) is 32.3. The summed E-state index contributed by atoms with van der Waals surface area (Å²) in [5.41, 5.74) is 0.440. The molecule has 0 aliphatic carbocycles. The normalized spacial score (nSPS) is 21.0. The third-order valence-electron chi connectivity index (χ3n) is 6.45. The number of ether oxygens (including phenoxy) is 1. The molecule has 0 aromatic heterocycles. The van der Waals surface area contributed by atoms with Gasteiger partial charge >= 0.3 is 6.03 Å². The maximum Gasteiger partial charge on any atom is 0.327 e. The van der Waals surface area contributed by atoms with Gasteiger partial charge in [-0.1, -0.05) is 37.3 Å². The SMILES string of the molecule is CCC(C)N1CCC2(CC1)C(=O)N(CCc1ccccc1)C(=O)N2CCOC. The fraction of sp³-hybridized carbons (Fsp3) is 0.636. The molecule has 6 nitrogen and oxygen atoms in total. The van der Waals surface area contributed by atoms with E-state index < -0.39 is 5.54 Å². The van der Waals surface area contributed by atoms with Gasteiger partial charge < -0.3 is 14.5 Å². The maximum atomic E-state index is 13.4. The van der Waals surface area contributed by atoms with E-state index in [1.54, 1.807) is 12.0 Å². The van der Waals surface area contributed by atoms with E-state index in [0.717, 1.165) is 25.1 Å². The average Bonchev–Trinajstić information content (AvgIpc) is 2.92. The highest BCUT2D eigenvalue weighted by molar-refractivity contribution is 6.07. The number of methoxy groups -OCH3 is 1. The number of benzene rings is 1. The number of hydrogen-bond acceptors (Lipinski definition) is 4. The van der Waals surface area contributed by atoms with Gasteiger partial charge in [0.2, 0.25) is 0 Å². The first-order chi connectivity index (χ1) is 13.5. The molecule has 0 bridgehead atoms. The van der Waals surface area contributed by atoms with Gasteiger partial charge in [-0.05, 0) is 38.2 Å². The fourth-order valence-electron chi connectivity index (χ4n) is 4.43. The largest absolute Gasteiger partial charge is 0.383 e. The highest BCUT2D eigenvalue weighted by atomic mass is 16.5. The van der Waals surface area contributed by atoms with Crippen molar-refractivity contribution in [3.05, 3.63) is 35.9 Å². The minimum Gasteiger partial charge on any atom is -0.383 e. The Hall–Kier alpha value is -1.92. The lowest BCUT2D eigenvalue weighted by Gasteiger charge is -2.43. The van der Waals surface area contributed by atoms with Crippen LogP contribution in [0.15, 0.2) is 30.3 Å². The van der Waals surface area contributed by atoms with Crippen molar-refractivity contribution in [2.45, 2.75) is 51.1 Å². The van der Waals surface area contributed by atoms with Gasteiger partial charge in [-0.3, -0.25) is 9.69 Å². The van der Waals surface area contributed by atoms with Crippen molar-refractivity contribution in [3.8, 4) is 0 Å². The van der Waals surface area contributed by atoms with Crippen LogP contribution in [0.1, 0.15) is 38.7 Å². The predicted molar refractivity (Wildman–Crippen MR) is 109 cm³/mol. The molecule has 1 atom stereocenters. The molecule has 28 heavy (non-hydrogen) atoms. The lowest BCUT2D eigenvalue weighted by Crippen LogP contribution is -2.58. The Morgan fingerprint density at radius 2 is 1.79 bits per heavy atom. The molecular weight excluding hydrogens is 354 g/mol. The first-order valence-corrected chi connectivity index (χ1v) is 10.4. The van der Waals surface area contributed by atoms with Crippen LogP contribution in [-0.2, 0) is 16.0 Å². The lowest BCUT2D eigenvalue weighted by molar-refractivity contribution is -0.136. The van der Waals surface area contributed by atoms with E-state index >= 15 is 0 Å². The van der Waals surface area contributed by atoms with Crippen molar-refractivity contribution in [3.63, 3.8) is 0 Å². The van der Waals surface area contributed by atoms with E-state index in [1.165, 1.54) is 4.90 Å². The standard InChI is InChI=1S/C22H33N3O3/c1-4-18(2)23-14-11-22(12-15-23)20(26)24(21(27)25(22)16-17-28-3)13-10-19-8-6-5-7-9-19/h5-9,18H,4,10-17H2,1-3H3. The summed E-state index contributed by atoms with van der Waals surface area (Å²) in [6.07, 6.45) is 3.18. The summed E-state index contributed by atoms with van der Waals surface area (Å²) in [5.74, 6) is -0.0201. The second-order valence-electron chi connectivity index (χ2n) is 7.94. The molecule has 0 N–H and O–H groups in total. The third kappa shape index (κ3) is 3.94. The van der Waals surface area contributed by atoms with E-state index in [9.17, 15) is 9.59 Å². The number of likely N-dealkylation sites (tertiary alicyclic amines) is 1. The summed E-state index contributed by atoms with van der Waals surface area (Å²) in [6.45, 7) is 7.47. The van der Waals surface area contributed by atoms with E-state index in [1.807, 2.05) is 30.3 Å². The molecule has 2 heterocycles. The van der Waals surface area contributed by atoms with Crippen LogP contribution >= 0.6 is 0 Å². The van der Waals surface area contributed by atoms with Gasteiger partial charge in [0, 0.05) is 39.3 Å². The third-order valence-corrected chi connectivity index (χ3v) is 6.45. The summed E-state index contributed by atoms with van der Waals surface area (Å²) in [5, 5.41) is 0. The van der Waals surface area contributed by atoms with Gasteiger partial charge in [0.1, 0.15) is 5.54 Å². The van der Waals surface area contributed by atoms with Crippen LogP contribution in [0.2, 0.25) is 0 Å². The lowest BCUT2D eigenvalue weighted by atomic mass is 9.85. The zero-order valence-corrected chi connectivity index (χ0v) is 17.4. The monoisotopic (exact) mass is 387 g/mol. The Balaban J connectivity index is 1.76. The summed E-state index contributed by atoms with van der Waals surface area (Å²) < 4.78 is 5.23. The molecule has 2 aliphatic rings. The van der Waals surface area contributed by atoms with Gasteiger partial charge in [0.25, 0.3) is 5.91 Å². The number of imide groups is 1. The van der Waals surface area contributed by atoms with Crippen LogP contribution in [0.25, 0.3) is 0 Å². The molecule has 6 heteroatoms. The van der Waals surface area contributed by atoms with Gasteiger partial charge in [0.15, 0.2) is 0 Å². The molecule has 2 saturated heterocycles. The van der Waals surface area contributed by atoms with E-state index in [4.69, 9.17) is 4.74 Å². The molecule has 1 spiro atoms. The van der Waals surface area contributed by atoms with Crippen LogP contribution in [0.4, 0.5) is 4.79 Å². The number of hydrogen-bond donors (Lipinski definition) is 0. The molecule has 1 aromatic carbocycles. The summed E-state index contributed by atoms with van der Waals surface area (Å²) in [6, 6.07) is 10.4. The smallest absolute Gasteiger partial charge is 0.327 e. The Morgan fingerprint density at radius 3 is 2.39 bits per heavy atom. The van der Waals surface area contributed by atoms with Crippen molar-refractivity contribution in [2.75, 3.05) is 39.9 Å². The Bertz CT molecular complexity index is 671. The van der Waals surface area contributed by atoms with Crippen molar-refractivity contribution < 1.29 is 14.3 Å². The molecule has 0 radical (unpaired) electrons. The Labute approximate surface area is 168 Å². The highest BCUT2D eigenvalue weighted by Gasteiger charge is 2.57. The second kappa shape index (κ2) is 9.05. The molecular formula is C22H33N3O3. The van der Waals surface area contributed by atoms with Gasteiger partial charge in [0.05, 0.1) is 6.61 Å². The van der Waals surface area contributed by atoms with Gasteiger partial charge in [-0.2, -0.15) is 0 Å². The predicted octanol–water partition coefficient (Wildman–Crippen LogP) is 2.77. The number of urea groups is 1. The fourth-order valence-corrected chi connectivity index (χ4v) is 4.43. The summed E-state index contributed by atoms with van der Waals surface area (Å²) >= 11 is 0. The maximum absolute atomic E-state index is 13.4. The number of piperidine rings is 1. The summed E-state index contributed by atoms with van der Waals surface area (Å²) in [7, 11) is 1.63. The molecule has 2 fully saturated rings. The first kappa shape index (κ1) is 20.8. The van der Waals surface area contributed by atoms with E-state index in [2.05, 4.69) is 18.7 Å². The zero-order valence-electron chi connectivity index (χ0n) is 17.4. The van der Waals surface area contributed by atoms with E-state index in [0.29, 0.717) is 45.0 Å². The van der Waals surface area contributed by atoms with Crippen LogP contribution in [0, 0.1) is 0 Å². The zero-order chi connectivity index (χ0) is 20.1. The Kier molecular flexibility index (Phi) is 6.73. The number of rotatable bonds is 8. The van der Waals surface area contributed by atoms with Crippen molar-refractivity contribution in [1.82, 2.24) is 14.7 Å². The molecule has 1 unspecified atom stereocenters. The number of carbonyl (C=O) groups excluding carboxylic acids is 2. The van der Waals surface area contributed by atoms with Gasteiger partial charge in [-0.15, -0.1) is 0 Å². The van der Waals surface area contributed by atoms with Crippen molar-refractivity contribution in [1.29, 1.82) is 0 Å². The first-order valence-electron chi connectivity index (χ1n) is 10.4. The molecule has 2 aliphatic heterocycles. The van der Waals surface area contributed by atoms with Crippen LogP contribution in [0.5, 0.6) is 0 Å². The number of amides is 3. The van der Waals surface area contributed by atoms with Crippen molar-refractivity contribution >= 4 is 11.9 Å². The molecule has 1 aromatic rings. The number of nitrogens with zero attached hydrogens (tertiary/aromatic N) is 3. The Morgan fingerprint density at radius 1 is 1.11 bits per heavy atom. The van der Waals surface area contributed by atoms with Crippen LogP contribution in [-0.4, -0.2) is 78.1 Å². The molecule has 3 rings (SSSR count). The average molecular weight is 388 g/mol. The highest BCUT2D eigenvalue weighted by Crippen LogP contribution is 2.37.